The lowest BCUT2D eigenvalue weighted by Crippen LogP contribution is -2.47. The first kappa shape index (κ1) is 13.3. The summed E-state index contributed by atoms with van der Waals surface area (Å²) in [7, 11) is 0. The number of fused-ring (bicyclic) bond motifs is 1. The number of nitrogens with zero attached hydrogens (tertiary/aromatic N) is 2. The Bertz CT molecular complexity index is 491. The summed E-state index contributed by atoms with van der Waals surface area (Å²) in [6.45, 7) is 4.44. The molecule has 0 aromatic rings. The van der Waals surface area contributed by atoms with Gasteiger partial charge in [-0.2, -0.15) is 0 Å². The Labute approximate surface area is 117 Å². The molecule has 20 heavy (non-hydrogen) atoms. The molecule has 0 bridgehead atoms. The Morgan fingerprint density at radius 2 is 1.60 bits per heavy atom. The van der Waals surface area contributed by atoms with E-state index in [1.807, 2.05) is 13.8 Å². The van der Waals surface area contributed by atoms with E-state index < -0.39 is 0 Å². The molecule has 3 fully saturated rings. The summed E-state index contributed by atoms with van der Waals surface area (Å²) in [6.07, 6.45) is 0.734. The number of imide groups is 1. The van der Waals surface area contributed by atoms with Crippen LogP contribution in [0.1, 0.15) is 26.7 Å². The maximum absolute atomic E-state index is 12.1. The lowest BCUT2D eigenvalue weighted by Gasteiger charge is -2.28. The van der Waals surface area contributed by atoms with E-state index in [1.165, 1.54) is 0 Å². The van der Waals surface area contributed by atoms with Crippen LogP contribution in [0.5, 0.6) is 0 Å². The second kappa shape index (κ2) is 4.14. The van der Waals surface area contributed by atoms with Crippen molar-refractivity contribution in [2.45, 2.75) is 26.7 Å². The number of carbonyl (C=O) groups excluding carboxylic acids is 4. The Hall–Kier alpha value is -1.72. The number of ketones is 1. The summed E-state index contributed by atoms with van der Waals surface area (Å²) in [5.41, 5.74) is -0.245. The average molecular weight is 278 g/mol. The highest BCUT2D eigenvalue weighted by Crippen LogP contribution is 2.63. The zero-order valence-electron chi connectivity index (χ0n) is 11.7. The van der Waals surface area contributed by atoms with Gasteiger partial charge < -0.3 is 4.90 Å². The van der Waals surface area contributed by atoms with E-state index in [0.29, 0.717) is 25.9 Å². The van der Waals surface area contributed by atoms with Crippen molar-refractivity contribution in [1.82, 2.24) is 9.80 Å². The second-order valence-electron chi connectivity index (χ2n) is 6.46. The SMILES string of the molecule is CC1(C)C2C(=O)N(CC(=O)N3CCC(=O)CC3)C(=O)C21. The molecule has 3 aliphatic rings. The fourth-order valence-electron chi connectivity index (χ4n) is 3.40. The zero-order chi connectivity index (χ0) is 14.7. The summed E-state index contributed by atoms with van der Waals surface area (Å²) in [4.78, 5) is 50.2. The second-order valence-corrected chi connectivity index (χ2v) is 6.46. The van der Waals surface area contributed by atoms with E-state index in [4.69, 9.17) is 0 Å². The molecule has 2 heterocycles. The molecular formula is C14H18N2O4. The van der Waals surface area contributed by atoms with Crippen LogP contribution in [0.15, 0.2) is 0 Å². The van der Waals surface area contributed by atoms with Crippen LogP contribution in [0.25, 0.3) is 0 Å². The quantitative estimate of drug-likeness (QED) is 0.657. The van der Waals surface area contributed by atoms with Crippen molar-refractivity contribution in [1.29, 1.82) is 0 Å². The van der Waals surface area contributed by atoms with Gasteiger partial charge in [-0.05, 0) is 5.41 Å². The summed E-state index contributed by atoms with van der Waals surface area (Å²) in [5, 5.41) is 0. The van der Waals surface area contributed by atoms with Gasteiger partial charge in [0.2, 0.25) is 17.7 Å². The molecule has 1 saturated carbocycles. The molecule has 2 aliphatic heterocycles. The maximum atomic E-state index is 12.1. The van der Waals surface area contributed by atoms with E-state index >= 15 is 0 Å². The number of rotatable bonds is 2. The van der Waals surface area contributed by atoms with Crippen LogP contribution in [0.2, 0.25) is 0 Å². The molecule has 3 rings (SSSR count). The number of Topliss-reactive ketones (excluding diaryl/α,β-unsaturated/α-hetero) is 1. The number of amides is 3. The highest BCUT2D eigenvalue weighted by Gasteiger charge is 2.72. The van der Waals surface area contributed by atoms with E-state index in [-0.39, 0.29) is 47.3 Å². The lowest BCUT2D eigenvalue weighted by molar-refractivity contribution is -0.149. The Morgan fingerprint density at radius 1 is 1.10 bits per heavy atom. The minimum atomic E-state index is -0.245. The Balaban J connectivity index is 1.62. The van der Waals surface area contributed by atoms with Crippen molar-refractivity contribution < 1.29 is 19.2 Å². The summed E-state index contributed by atoms with van der Waals surface area (Å²) >= 11 is 0. The first-order valence-corrected chi connectivity index (χ1v) is 6.98. The molecular weight excluding hydrogens is 260 g/mol. The topological polar surface area (TPSA) is 74.8 Å². The molecule has 0 aromatic carbocycles. The first-order valence-electron chi connectivity index (χ1n) is 6.98. The third-order valence-corrected chi connectivity index (χ3v) is 4.86. The molecule has 3 amide bonds. The fraction of sp³-hybridized carbons (Fsp3) is 0.714. The van der Waals surface area contributed by atoms with Crippen molar-refractivity contribution in [3.05, 3.63) is 0 Å². The molecule has 0 spiro atoms. The fourth-order valence-corrected chi connectivity index (χ4v) is 3.40. The predicted molar refractivity (Wildman–Crippen MR) is 68.3 cm³/mol. The normalized spacial score (nSPS) is 31.6. The van der Waals surface area contributed by atoms with Gasteiger partial charge >= 0.3 is 0 Å². The molecule has 108 valence electrons. The van der Waals surface area contributed by atoms with Crippen LogP contribution in [0, 0.1) is 17.3 Å². The van der Waals surface area contributed by atoms with Crippen LogP contribution in [0.4, 0.5) is 0 Å². The van der Waals surface area contributed by atoms with E-state index in [2.05, 4.69) is 0 Å². The Kier molecular flexibility index (Phi) is 2.74. The predicted octanol–water partition coefficient (Wildman–Crippen LogP) is -0.181. The molecule has 2 saturated heterocycles. The smallest absolute Gasteiger partial charge is 0.242 e. The molecule has 6 nitrogen and oxygen atoms in total. The van der Waals surface area contributed by atoms with Crippen molar-refractivity contribution in [2.75, 3.05) is 19.6 Å². The van der Waals surface area contributed by atoms with Gasteiger partial charge in [-0.15, -0.1) is 0 Å². The Morgan fingerprint density at radius 3 is 2.10 bits per heavy atom. The minimum absolute atomic E-state index is 0.158. The van der Waals surface area contributed by atoms with Crippen molar-refractivity contribution in [3.63, 3.8) is 0 Å². The number of likely N-dealkylation sites (tertiary alicyclic amines) is 2. The van der Waals surface area contributed by atoms with Crippen LogP contribution in [-0.4, -0.2) is 52.9 Å². The number of carbonyl (C=O) groups is 4. The largest absolute Gasteiger partial charge is 0.340 e. The number of hydrogen-bond acceptors (Lipinski definition) is 4. The summed E-state index contributed by atoms with van der Waals surface area (Å²) < 4.78 is 0. The van der Waals surface area contributed by atoms with Crippen molar-refractivity contribution in [2.24, 2.45) is 17.3 Å². The monoisotopic (exact) mass is 278 g/mol. The van der Waals surface area contributed by atoms with Crippen LogP contribution >= 0.6 is 0 Å². The van der Waals surface area contributed by atoms with Crippen LogP contribution in [-0.2, 0) is 19.2 Å². The lowest BCUT2D eigenvalue weighted by atomic mass is 10.1. The van der Waals surface area contributed by atoms with E-state index in [0.717, 1.165) is 4.90 Å². The van der Waals surface area contributed by atoms with Gasteiger partial charge in [0, 0.05) is 25.9 Å². The van der Waals surface area contributed by atoms with Gasteiger partial charge in [-0.25, -0.2) is 0 Å². The molecule has 2 atom stereocenters. The molecule has 0 aromatic heterocycles. The van der Waals surface area contributed by atoms with Gasteiger partial charge in [0.15, 0.2) is 0 Å². The van der Waals surface area contributed by atoms with E-state index in [1.54, 1.807) is 4.90 Å². The molecule has 0 N–H and O–H groups in total. The standard InChI is InChI=1S/C14H18N2O4/c1-14(2)10-11(14)13(20)16(12(10)19)7-9(18)15-5-3-8(17)4-6-15/h10-11H,3-7H2,1-2H3. The third-order valence-electron chi connectivity index (χ3n) is 4.86. The average Bonchev–Trinajstić information content (AvgIpc) is 2.87. The van der Waals surface area contributed by atoms with Gasteiger partial charge in [0.1, 0.15) is 12.3 Å². The summed E-state index contributed by atoms with van der Waals surface area (Å²) in [5.74, 6) is -1.00. The molecule has 2 unspecified atom stereocenters. The van der Waals surface area contributed by atoms with Gasteiger partial charge in [0.25, 0.3) is 0 Å². The molecule has 6 heteroatoms. The first-order chi connectivity index (χ1) is 9.34. The van der Waals surface area contributed by atoms with Gasteiger partial charge in [-0.1, -0.05) is 13.8 Å². The van der Waals surface area contributed by atoms with E-state index in [9.17, 15) is 19.2 Å². The van der Waals surface area contributed by atoms with Crippen molar-refractivity contribution in [3.8, 4) is 0 Å². The van der Waals surface area contributed by atoms with Gasteiger partial charge in [0.05, 0.1) is 11.8 Å². The van der Waals surface area contributed by atoms with Crippen molar-refractivity contribution >= 4 is 23.5 Å². The number of hydrogen-bond donors (Lipinski definition) is 0. The minimum Gasteiger partial charge on any atom is -0.340 e. The maximum Gasteiger partial charge on any atom is 0.242 e. The molecule has 1 aliphatic carbocycles. The highest BCUT2D eigenvalue weighted by molar-refractivity contribution is 6.12. The van der Waals surface area contributed by atoms with Crippen LogP contribution in [0.3, 0.4) is 0 Å². The molecule has 0 radical (unpaired) electrons. The third kappa shape index (κ3) is 1.77. The highest BCUT2D eigenvalue weighted by atomic mass is 16.2. The van der Waals surface area contributed by atoms with Gasteiger partial charge in [-0.3, -0.25) is 24.1 Å². The van der Waals surface area contributed by atoms with Crippen LogP contribution < -0.4 is 0 Å². The summed E-state index contributed by atoms with van der Waals surface area (Å²) in [6, 6.07) is 0. The zero-order valence-corrected chi connectivity index (χ0v) is 11.7. The number of piperidine rings is 2.